The average molecular weight is 195 g/mol. The number of benzene rings is 1. The van der Waals surface area contributed by atoms with Crippen LogP contribution in [0, 0.1) is 0 Å². The van der Waals surface area contributed by atoms with Crippen LogP contribution in [0.1, 0.15) is 5.56 Å². The zero-order valence-corrected chi connectivity index (χ0v) is 8.24. The van der Waals surface area contributed by atoms with E-state index < -0.39 is 6.09 Å². The normalized spacial score (nSPS) is 9.29. The van der Waals surface area contributed by atoms with Crippen molar-refractivity contribution in [1.82, 2.24) is 5.32 Å². The van der Waals surface area contributed by atoms with Gasteiger partial charge in [0.25, 0.3) is 0 Å². The van der Waals surface area contributed by atoms with E-state index in [0.717, 1.165) is 11.3 Å². The Balaban J connectivity index is 2.47. The first-order chi connectivity index (χ1) is 6.76. The van der Waals surface area contributed by atoms with E-state index in [2.05, 4.69) is 10.1 Å². The fraction of sp³-hybridized carbons (Fsp3) is 0.300. The number of ether oxygens (including phenoxy) is 2. The fourth-order valence-electron chi connectivity index (χ4n) is 0.990. The van der Waals surface area contributed by atoms with Crippen LogP contribution in [0.3, 0.4) is 0 Å². The lowest BCUT2D eigenvalue weighted by molar-refractivity contribution is 0.170. The smallest absolute Gasteiger partial charge is 0.407 e. The van der Waals surface area contributed by atoms with Crippen LogP contribution in [0.25, 0.3) is 0 Å². The number of rotatable bonds is 3. The molecule has 1 aromatic rings. The van der Waals surface area contributed by atoms with Gasteiger partial charge in [0.15, 0.2) is 0 Å². The molecule has 1 amide bonds. The van der Waals surface area contributed by atoms with Crippen molar-refractivity contribution in [3.63, 3.8) is 0 Å². The Labute approximate surface area is 82.8 Å². The Hall–Kier alpha value is -1.71. The van der Waals surface area contributed by atoms with Crippen LogP contribution in [-0.4, -0.2) is 20.3 Å². The molecule has 0 fully saturated rings. The molecule has 0 bridgehead atoms. The van der Waals surface area contributed by atoms with E-state index in [0.29, 0.717) is 6.54 Å². The summed E-state index contributed by atoms with van der Waals surface area (Å²) in [6.45, 7) is 0.455. The van der Waals surface area contributed by atoms with Gasteiger partial charge in [-0.25, -0.2) is 4.79 Å². The number of nitrogens with one attached hydrogen (secondary N) is 1. The molecule has 76 valence electrons. The van der Waals surface area contributed by atoms with Crippen molar-refractivity contribution in [2.45, 2.75) is 6.54 Å². The van der Waals surface area contributed by atoms with Gasteiger partial charge in [-0.1, -0.05) is 12.1 Å². The molecule has 0 unspecified atom stereocenters. The SMILES string of the molecule is COC(=O)NCc1ccc(OC)cc1. The second kappa shape index (κ2) is 5.11. The molecule has 4 nitrogen and oxygen atoms in total. The standard InChI is InChI=1S/C10H13NO3/c1-13-9-5-3-8(4-6-9)7-11-10(12)14-2/h3-6H,7H2,1-2H3,(H,11,12). The molecule has 1 rings (SSSR count). The monoisotopic (exact) mass is 195 g/mol. The molecule has 0 saturated carbocycles. The molecular weight excluding hydrogens is 182 g/mol. The third kappa shape index (κ3) is 2.97. The molecule has 1 N–H and O–H groups in total. The minimum absolute atomic E-state index is 0.430. The molecule has 0 aliphatic carbocycles. The van der Waals surface area contributed by atoms with Crippen LogP contribution < -0.4 is 10.1 Å². The number of hydrogen-bond donors (Lipinski definition) is 1. The molecule has 0 aliphatic rings. The molecular formula is C10H13NO3. The van der Waals surface area contributed by atoms with Crippen LogP contribution >= 0.6 is 0 Å². The van der Waals surface area contributed by atoms with Gasteiger partial charge in [-0.3, -0.25) is 0 Å². The zero-order chi connectivity index (χ0) is 10.4. The lowest BCUT2D eigenvalue weighted by Gasteiger charge is -2.04. The number of carbonyl (C=O) groups excluding carboxylic acids is 1. The summed E-state index contributed by atoms with van der Waals surface area (Å²) in [5.41, 5.74) is 0.996. The molecule has 0 aromatic heterocycles. The Morgan fingerprint density at radius 3 is 2.43 bits per heavy atom. The molecule has 0 aliphatic heterocycles. The van der Waals surface area contributed by atoms with Crippen LogP contribution in [0.4, 0.5) is 4.79 Å². The maximum atomic E-state index is 10.8. The van der Waals surface area contributed by atoms with E-state index in [4.69, 9.17) is 4.74 Å². The summed E-state index contributed by atoms with van der Waals surface area (Å²) in [5.74, 6) is 0.798. The topological polar surface area (TPSA) is 47.6 Å². The molecule has 0 atom stereocenters. The van der Waals surface area contributed by atoms with Gasteiger partial charge in [0.2, 0.25) is 0 Å². The van der Waals surface area contributed by atoms with Gasteiger partial charge in [0.1, 0.15) is 5.75 Å². The van der Waals surface area contributed by atoms with E-state index in [9.17, 15) is 4.79 Å². The molecule has 0 spiro atoms. The highest BCUT2D eigenvalue weighted by Gasteiger charge is 1.98. The van der Waals surface area contributed by atoms with Crippen LogP contribution in [0.2, 0.25) is 0 Å². The predicted octanol–water partition coefficient (Wildman–Crippen LogP) is 1.55. The number of hydrogen-bond acceptors (Lipinski definition) is 3. The summed E-state index contributed by atoms with van der Waals surface area (Å²) in [5, 5.41) is 2.58. The summed E-state index contributed by atoms with van der Waals surface area (Å²) < 4.78 is 9.45. The van der Waals surface area contributed by atoms with Crippen LogP contribution in [-0.2, 0) is 11.3 Å². The van der Waals surface area contributed by atoms with E-state index in [-0.39, 0.29) is 0 Å². The van der Waals surface area contributed by atoms with Gasteiger partial charge < -0.3 is 14.8 Å². The van der Waals surface area contributed by atoms with Crippen molar-refractivity contribution < 1.29 is 14.3 Å². The van der Waals surface area contributed by atoms with Crippen molar-refractivity contribution in [3.05, 3.63) is 29.8 Å². The molecule has 0 heterocycles. The minimum atomic E-state index is -0.430. The molecule has 0 saturated heterocycles. The van der Waals surface area contributed by atoms with Gasteiger partial charge in [-0.05, 0) is 17.7 Å². The Bertz CT molecular complexity index is 295. The van der Waals surface area contributed by atoms with Crippen LogP contribution in [0.15, 0.2) is 24.3 Å². The molecule has 0 radical (unpaired) electrons. The largest absolute Gasteiger partial charge is 0.497 e. The summed E-state index contributed by atoms with van der Waals surface area (Å²) >= 11 is 0. The summed E-state index contributed by atoms with van der Waals surface area (Å²) in [4.78, 5) is 10.8. The highest BCUT2D eigenvalue weighted by Crippen LogP contribution is 2.10. The van der Waals surface area contributed by atoms with Gasteiger partial charge in [-0.15, -0.1) is 0 Å². The predicted molar refractivity (Wildman–Crippen MR) is 52.2 cm³/mol. The summed E-state index contributed by atoms with van der Waals surface area (Å²) in [6.07, 6.45) is -0.430. The first kappa shape index (κ1) is 10.4. The number of alkyl carbamates (subject to hydrolysis) is 1. The lowest BCUT2D eigenvalue weighted by Crippen LogP contribution is -2.22. The fourth-order valence-corrected chi connectivity index (χ4v) is 0.990. The quantitative estimate of drug-likeness (QED) is 0.796. The summed E-state index contributed by atoms with van der Waals surface area (Å²) in [6, 6.07) is 7.45. The Kier molecular flexibility index (Phi) is 3.79. The zero-order valence-electron chi connectivity index (χ0n) is 8.24. The second-order valence-electron chi connectivity index (χ2n) is 2.69. The van der Waals surface area contributed by atoms with Crippen molar-refractivity contribution in [1.29, 1.82) is 0 Å². The third-order valence-electron chi connectivity index (χ3n) is 1.78. The van der Waals surface area contributed by atoms with Crippen LogP contribution in [0.5, 0.6) is 5.75 Å². The Morgan fingerprint density at radius 2 is 1.93 bits per heavy atom. The Morgan fingerprint density at radius 1 is 1.29 bits per heavy atom. The minimum Gasteiger partial charge on any atom is -0.497 e. The van der Waals surface area contributed by atoms with Crippen molar-refractivity contribution in [2.75, 3.05) is 14.2 Å². The first-order valence-corrected chi connectivity index (χ1v) is 4.21. The molecule has 1 aromatic carbocycles. The number of methoxy groups -OCH3 is 2. The summed E-state index contributed by atoms with van der Waals surface area (Å²) in [7, 11) is 2.95. The highest BCUT2D eigenvalue weighted by atomic mass is 16.5. The number of carbonyl (C=O) groups is 1. The van der Waals surface area contributed by atoms with Gasteiger partial charge in [0, 0.05) is 6.54 Å². The third-order valence-corrected chi connectivity index (χ3v) is 1.78. The average Bonchev–Trinajstić information content (AvgIpc) is 2.26. The first-order valence-electron chi connectivity index (χ1n) is 4.21. The van der Waals surface area contributed by atoms with Crippen molar-refractivity contribution in [2.24, 2.45) is 0 Å². The molecule has 14 heavy (non-hydrogen) atoms. The van der Waals surface area contributed by atoms with E-state index in [1.54, 1.807) is 7.11 Å². The van der Waals surface area contributed by atoms with Crippen molar-refractivity contribution in [3.8, 4) is 5.75 Å². The second-order valence-corrected chi connectivity index (χ2v) is 2.69. The maximum absolute atomic E-state index is 10.8. The van der Waals surface area contributed by atoms with E-state index in [1.165, 1.54) is 7.11 Å². The highest BCUT2D eigenvalue weighted by molar-refractivity contribution is 5.66. The van der Waals surface area contributed by atoms with Gasteiger partial charge >= 0.3 is 6.09 Å². The van der Waals surface area contributed by atoms with Gasteiger partial charge in [-0.2, -0.15) is 0 Å². The van der Waals surface area contributed by atoms with Gasteiger partial charge in [0.05, 0.1) is 14.2 Å². The number of amides is 1. The maximum Gasteiger partial charge on any atom is 0.407 e. The van der Waals surface area contributed by atoms with E-state index >= 15 is 0 Å². The van der Waals surface area contributed by atoms with Crippen molar-refractivity contribution >= 4 is 6.09 Å². The lowest BCUT2D eigenvalue weighted by atomic mass is 10.2. The van der Waals surface area contributed by atoms with E-state index in [1.807, 2.05) is 24.3 Å². The molecule has 4 heteroatoms.